The molecule has 1 aromatic rings. The van der Waals surface area contributed by atoms with Gasteiger partial charge in [0.1, 0.15) is 5.75 Å². The van der Waals surface area contributed by atoms with Crippen molar-refractivity contribution < 1.29 is 9.47 Å². The molecule has 0 heterocycles. The van der Waals surface area contributed by atoms with Crippen LogP contribution in [0.1, 0.15) is 79.7 Å². The number of ether oxygens (including phenoxy) is 2. The van der Waals surface area contributed by atoms with Crippen LogP contribution in [0, 0.1) is 5.92 Å². The van der Waals surface area contributed by atoms with Crippen LogP contribution in [-0.2, 0) is 4.74 Å². The topological polar surface area (TPSA) is 18.5 Å². The summed E-state index contributed by atoms with van der Waals surface area (Å²) in [5.74, 6) is 2.18. The van der Waals surface area contributed by atoms with Gasteiger partial charge in [0, 0.05) is 0 Å². The lowest BCUT2D eigenvalue weighted by Gasteiger charge is -2.22. The number of hydrogen-bond acceptors (Lipinski definition) is 2. The Morgan fingerprint density at radius 1 is 0.909 bits per heavy atom. The molecule has 0 saturated heterocycles. The van der Waals surface area contributed by atoms with Crippen LogP contribution in [0.25, 0.3) is 0 Å². The highest BCUT2D eigenvalue weighted by molar-refractivity contribution is 5.29. The van der Waals surface area contributed by atoms with Crippen LogP contribution in [0.2, 0.25) is 0 Å². The van der Waals surface area contributed by atoms with E-state index in [-0.39, 0.29) is 12.4 Å². The molecule has 0 aliphatic rings. The highest BCUT2D eigenvalue weighted by atomic mass is 16.7. The molecule has 2 atom stereocenters. The van der Waals surface area contributed by atoms with Crippen molar-refractivity contribution in [1.82, 2.24) is 0 Å². The van der Waals surface area contributed by atoms with Crippen molar-refractivity contribution in [2.24, 2.45) is 5.92 Å². The van der Waals surface area contributed by atoms with Gasteiger partial charge in [-0.25, -0.2) is 0 Å². The summed E-state index contributed by atoms with van der Waals surface area (Å²) in [7, 11) is 0. The van der Waals surface area contributed by atoms with Gasteiger partial charge in [-0.15, -0.1) is 0 Å². The Labute approximate surface area is 138 Å². The van der Waals surface area contributed by atoms with E-state index in [1.807, 2.05) is 34.6 Å². The summed E-state index contributed by atoms with van der Waals surface area (Å²) >= 11 is 0. The van der Waals surface area contributed by atoms with Gasteiger partial charge in [-0.3, -0.25) is 0 Å². The van der Waals surface area contributed by atoms with Gasteiger partial charge in [0.25, 0.3) is 0 Å². The van der Waals surface area contributed by atoms with Crippen LogP contribution in [0.15, 0.2) is 24.3 Å². The number of hydrogen-bond donors (Lipinski definition) is 0. The molecule has 128 valence electrons. The first kappa shape index (κ1) is 21.0. The number of rotatable bonds is 8. The van der Waals surface area contributed by atoms with E-state index in [9.17, 15) is 0 Å². The Balaban J connectivity index is 0.00000211. The first-order valence-corrected chi connectivity index (χ1v) is 8.86. The maximum absolute atomic E-state index is 5.76. The molecule has 0 radical (unpaired) electrons. The maximum atomic E-state index is 5.76. The zero-order valence-electron chi connectivity index (χ0n) is 15.8. The lowest BCUT2D eigenvalue weighted by atomic mass is 9.85. The molecule has 2 unspecified atom stereocenters. The second-order valence-electron chi connectivity index (χ2n) is 6.08. The number of benzene rings is 1. The van der Waals surface area contributed by atoms with Gasteiger partial charge in [0.05, 0.1) is 6.10 Å². The highest BCUT2D eigenvalue weighted by Gasteiger charge is 2.15. The summed E-state index contributed by atoms with van der Waals surface area (Å²) in [6.07, 6.45) is 2.43. The van der Waals surface area contributed by atoms with Crippen molar-refractivity contribution >= 4 is 0 Å². The van der Waals surface area contributed by atoms with Crippen molar-refractivity contribution in [3.8, 4) is 5.75 Å². The molecule has 1 aromatic carbocycles. The minimum Gasteiger partial charge on any atom is -0.465 e. The van der Waals surface area contributed by atoms with Gasteiger partial charge in [-0.1, -0.05) is 53.2 Å². The second-order valence-corrected chi connectivity index (χ2v) is 6.08. The van der Waals surface area contributed by atoms with E-state index in [1.165, 1.54) is 18.4 Å². The monoisotopic (exact) mass is 308 g/mol. The summed E-state index contributed by atoms with van der Waals surface area (Å²) in [5, 5.41) is 0. The first-order valence-electron chi connectivity index (χ1n) is 8.86. The van der Waals surface area contributed by atoms with Crippen LogP contribution in [-0.4, -0.2) is 12.4 Å². The van der Waals surface area contributed by atoms with Crippen LogP contribution < -0.4 is 4.74 Å². The maximum Gasteiger partial charge on any atom is 0.197 e. The Morgan fingerprint density at radius 2 is 1.45 bits per heavy atom. The van der Waals surface area contributed by atoms with Crippen LogP contribution in [0.5, 0.6) is 5.75 Å². The summed E-state index contributed by atoms with van der Waals surface area (Å²) in [4.78, 5) is 0. The van der Waals surface area contributed by atoms with Crippen molar-refractivity contribution in [2.75, 3.05) is 0 Å². The Bertz CT molecular complexity index is 368. The molecule has 0 aliphatic heterocycles. The van der Waals surface area contributed by atoms with Crippen molar-refractivity contribution in [3.05, 3.63) is 29.8 Å². The predicted molar refractivity (Wildman–Crippen MR) is 96.6 cm³/mol. The van der Waals surface area contributed by atoms with E-state index in [4.69, 9.17) is 9.47 Å². The standard InChI is InChI=1S/C18H30O2.C2H6/c1-7-8-18(13(2)3)16-9-11-17(12-10-16)20-15(6)19-14(4)5;1-2/h9-15,18H,7-8H2,1-6H3;1-2H3. The summed E-state index contributed by atoms with van der Waals surface area (Å²) in [6, 6.07) is 8.50. The summed E-state index contributed by atoms with van der Waals surface area (Å²) < 4.78 is 11.3. The van der Waals surface area contributed by atoms with Gasteiger partial charge in [-0.05, 0) is 56.7 Å². The van der Waals surface area contributed by atoms with Crippen LogP contribution >= 0.6 is 0 Å². The fourth-order valence-corrected chi connectivity index (χ4v) is 2.59. The van der Waals surface area contributed by atoms with E-state index in [2.05, 4.69) is 45.0 Å². The molecule has 0 fully saturated rings. The third-order valence-electron chi connectivity index (χ3n) is 3.48. The quantitative estimate of drug-likeness (QED) is 0.517. The lowest BCUT2D eigenvalue weighted by Crippen LogP contribution is -2.20. The average molecular weight is 309 g/mol. The SMILES string of the molecule is CC.CCCC(c1ccc(OC(C)OC(C)C)cc1)C(C)C. The molecule has 0 saturated carbocycles. The van der Waals surface area contributed by atoms with Crippen molar-refractivity contribution in [2.45, 2.75) is 86.5 Å². The Morgan fingerprint density at radius 3 is 1.86 bits per heavy atom. The molecular formula is C20H36O2. The fraction of sp³-hybridized carbons (Fsp3) is 0.700. The van der Waals surface area contributed by atoms with Crippen LogP contribution in [0.3, 0.4) is 0 Å². The molecule has 0 spiro atoms. The molecule has 2 nitrogen and oxygen atoms in total. The summed E-state index contributed by atoms with van der Waals surface area (Å²) in [5.41, 5.74) is 1.41. The van der Waals surface area contributed by atoms with Gasteiger partial charge in [0.15, 0.2) is 6.29 Å². The smallest absolute Gasteiger partial charge is 0.197 e. The predicted octanol–water partition coefficient (Wildman–Crippen LogP) is 6.40. The zero-order valence-corrected chi connectivity index (χ0v) is 15.8. The van der Waals surface area contributed by atoms with Gasteiger partial charge in [-0.2, -0.15) is 0 Å². The van der Waals surface area contributed by atoms with Crippen molar-refractivity contribution in [1.29, 1.82) is 0 Å². The highest BCUT2D eigenvalue weighted by Crippen LogP contribution is 2.30. The Kier molecular flexibility index (Phi) is 11.0. The van der Waals surface area contributed by atoms with E-state index < -0.39 is 0 Å². The molecule has 2 heteroatoms. The molecule has 0 N–H and O–H groups in total. The normalized spacial score (nSPS) is 13.5. The molecule has 0 bridgehead atoms. The first-order chi connectivity index (χ1) is 10.4. The van der Waals surface area contributed by atoms with Gasteiger partial charge in [0.2, 0.25) is 0 Å². The molecule has 0 aromatic heterocycles. The largest absolute Gasteiger partial charge is 0.465 e. The van der Waals surface area contributed by atoms with Gasteiger partial charge >= 0.3 is 0 Å². The average Bonchev–Trinajstić information content (AvgIpc) is 2.46. The second kappa shape index (κ2) is 11.5. The molecule has 1 rings (SSSR count). The molecular weight excluding hydrogens is 272 g/mol. The van der Waals surface area contributed by atoms with E-state index >= 15 is 0 Å². The fourth-order valence-electron chi connectivity index (χ4n) is 2.59. The zero-order chi connectivity index (χ0) is 17.1. The van der Waals surface area contributed by atoms with Crippen LogP contribution in [0.4, 0.5) is 0 Å². The molecule has 22 heavy (non-hydrogen) atoms. The van der Waals surface area contributed by atoms with E-state index in [0.717, 1.165) is 5.75 Å². The van der Waals surface area contributed by atoms with E-state index in [0.29, 0.717) is 11.8 Å². The third-order valence-corrected chi connectivity index (χ3v) is 3.48. The van der Waals surface area contributed by atoms with E-state index in [1.54, 1.807) is 0 Å². The third kappa shape index (κ3) is 7.84. The van der Waals surface area contributed by atoms with Gasteiger partial charge < -0.3 is 9.47 Å². The van der Waals surface area contributed by atoms with Crippen molar-refractivity contribution in [3.63, 3.8) is 0 Å². The lowest BCUT2D eigenvalue weighted by molar-refractivity contribution is -0.0950. The molecule has 0 aliphatic carbocycles. The molecule has 0 amide bonds. The summed E-state index contributed by atoms with van der Waals surface area (Å²) in [6.45, 7) is 16.8. The minimum atomic E-state index is -0.211. The Hall–Kier alpha value is -1.02. The minimum absolute atomic E-state index is 0.180.